The highest BCUT2D eigenvalue weighted by molar-refractivity contribution is 5.86. The molecule has 1 aliphatic rings. The highest BCUT2D eigenvalue weighted by Crippen LogP contribution is 2.29. The minimum atomic E-state index is -0.196. The molecule has 2 nitrogen and oxygen atoms in total. The van der Waals surface area contributed by atoms with Crippen molar-refractivity contribution in [2.75, 3.05) is 0 Å². The molecule has 0 bridgehead atoms. The minimum Gasteiger partial charge on any atom is -0.321 e. The lowest BCUT2D eigenvalue weighted by atomic mass is 9.79. The van der Waals surface area contributed by atoms with Gasteiger partial charge in [-0.05, 0) is 25.2 Å². The Labute approximate surface area is 87.2 Å². The van der Waals surface area contributed by atoms with Gasteiger partial charge in [-0.15, -0.1) is 0 Å². The van der Waals surface area contributed by atoms with E-state index < -0.39 is 0 Å². The zero-order chi connectivity index (χ0) is 10.6. The lowest BCUT2D eigenvalue weighted by molar-refractivity contribution is -0.125. The van der Waals surface area contributed by atoms with Crippen LogP contribution in [0.3, 0.4) is 0 Å². The van der Waals surface area contributed by atoms with Gasteiger partial charge < -0.3 is 5.73 Å². The lowest BCUT2D eigenvalue weighted by Crippen LogP contribution is -2.36. The Morgan fingerprint density at radius 2 is 1.93 bits per heavy atom. The molecule has 0 amide bonds. The van der Waals surface area contributed by atoms with Crippen molar-refractivity contribution in [1.82, 2.24) is 0 Å². The molecular formula is C12H23NO. The van der Waals surface area contributed by atoms with E-state index in [0.29, 0.717) is 5.78 Å². The maximum Gasteiger partial charge on any atom is 0.152 e. The number of hydrogen-bond donors (Lipinski definition) is 1. The molecule has 0 aliphatic heterocycles. The molecule has 1 saturated carbocycles. The Balaban J connectivity index is 2.37. The van der Waals surface area contributed by atoms with E-state index in [-0.39, 0.29) is 12.0 Å². The molecule has 1 fully saturated rings. The van der Waals surface area contributed by atoms with E-state index in [0.717, 1.165) is 31.6 Å². The van der Waals surface area contributed by atoms with E-state index >= 15 is 0 Å². The third-order valence-corrected chi connectivity index (χ3v) is 3.38. The molecule has 2 heteroatoms. The maximum atomic E-state index is 11.9. The summed E-state index contributed by atoms with van der Waals surface area (Å²) in [5.74, 6) is 1.40. The van der Waals surface area contributed by atoms with E-state index in [2.05, 4.69) is 13.8 Å². The van der Waals surface area contributed by atoms with Crippen LogP contribution in [0.2, 0.25) is 0 Å². The van der Waals surface area contributed by atoms with Gasteiger partial charge in [0, 0.05) is 5.92 Å². The largest absolute Gasteiger partial charge is 0.321 e. The molecule has 82 valence electrons. The van der Waals surface area contributed by atoms with Crippen LogP contribution in [0.25, 0.3) is 0 Å². The number of Topliss-reactive ketones (excluding diaryl/α,β-unsaturated/α-hetero) is 1. The number of ketones is 1. The van der Waals surface area contributed by atoms with Gasteiger partial charge in [0.2, 0.25) is 0 Å². The molecule has 0 radical (unpaired) electrons. The third kappa shape index (κ3) is 3.09. The monoisotopic (exact) mass is 197 g/mol. The Kier molecular flexibility index (Phi) is 4.59. The minimum absolute atomic E-state index is 0.196. The first kappa shape index (κ1) is 11.7. The molecule has 1 rings (SSSR count). The summed E-state index contributed by atoms with van der Waals surface area (Å²) >= 11 is 0. The van der Waals surface area contributed by atoms with Crippen LogP contribution in [0.15, 0.2) is 0 Å². The average molecular weight is 197 g/mol. The lowest BCUT2D eigenvalue weighted by Gasteiger charge is -2.26. The molecule has 1 unspecified atom stereocenters. The predicted molar refractivity (Wildman–Crippen MR) is 59.0 cm³/mol. The predicted octanol–water partition coefficient (Wildman–Crippen LogP) is 2.51. The first-order valence-corrected chi connectivity index (χ1v) is 5.94. The summed E-state index contributed by atoms with van der Waals surface area (Å²) < 4.78 is 0. The van der Waals surface area contributed by atoms with Gasteiger partial charge in [-0.1, -0.05) is 33.1 Å². The van der Waals surface area contributed by atoms with Crippen molar-refractivity contribution in [3.05, 3.63) is 0 Å². The molecule has 1 atom stereocenters. The zero-order valence-corrected chi connectivity index (χ0v) is 9.46. The molecule has 0 aromatic carbocycles. The van der Waals surface area contributed by atoms with Crippen LogP contribution >= 0.6 is 0 Å². The van der Waals surface area contributed by atoms with E-state index in [1.807, 2.05) is 0 Å². The van der Waals surface area contributed by atoms with Gasteiger partial charge in [-0.3, -0.25) is 4.79 Å². The Hall–Kier alpha value is -0.370. The van der Waals surface area contributed by atoms with Crippen molar-refractivity contribution in [2.45, 2.75) is 58.4 Å². The molecular weight excluding hydrogens is 174 g/mol. The number of carbonyl (C=O) groups is 1. The van der Waals surface area contributed by atoms with Crippen LogP contribution in [-0.4, -0.2) is 11.8 Å². The van der Waals surface area contributed by atoms with Crippen LogP contribution in [-0.2, 0) is 4.79 Å². The summed E-state index contributed by atoms with van der Waals surface area (Å²) in [6.07, 6.45) is 6.40. The molecule has 14 heavy (non-hydrogen) atoms. The molecule has 2 N–H and O–H groups in total. The number of carbonyl (C=O) groups excluding carboxylic acids is 1. The number of nitrogens with two attached hydrogens (primary N) is 1. The fraction of sp³-hybridized carbons (Fsp3) is 0.917. The summed E-state index contributed by atoms with van der Waals surface area (Å²) in [4.78, 5) is 11.9. The SMILES string of the molecule is CCCC(N)C(=O)C1CCC(C)CC1. The Bertz CT molecular complexity index is 183. The Morgan fingerprint density at radius 1 is 1.36 bits per heavy atom. The smallest absolute Gasteiger partial charge is 0.152 e. The van der Waals surface area contributed by atoms with Crippen molar-refractivity contribution < 1.29 is 4.79 Å². The first-order valence-electron chi connectivity index (χ1n) is 5.94. The first-order chi connectivity index (χ1) is 6.65. The second kappa shape index (κ2) is 5.50. The molecule has 1 aliphatic carbocycles. The topological polar surface area (TPSA) is 43.1 Å². The van der Waals surface area contributed by atoms with E-state index in [1.165, 1.54) is 12.8 Å². The second-order valence-electron chi connectivity index (χ2n) is 4.75. The van der Waals surface area contributed by atoms with Crippen molar-refractivity contribution in [2.24, 2.45) is 17.6 Å². The molecule has 0 aromatic heterocycles. The maximum absolute atomic E-state index is 11.9. The van der Waals surface area contributed by atoms with E-state index in [4.69, 9.17) is 5.73 Å². The molecule has 0 heterocycles. The van der Waals surface area contributed by atoms with Crippen molar-refractivity contribution >= 4 is 5.78 Å². The van der Waals surface area contributed by atoms with Crippen LogP contribution in [0.1, 0.15) is 52.4 Å². The van der Waals surface area contributed by atoms with Crippen molar-refractivity contribution in [1.29, 1.82) is 0 Å². The average Bonchev–Trinajstić information content (AvgIpc) is 2.18. The summed E-state index contributed by atoms with van der Waals surface area (Å²) in [7, 11) is 0. The summed E-state index contributed by atoms with van der Waals surface area (Å²) in [5.41, 5.74) is 5.84. The second-order valence-corrected chi connectivity index (χ2v) is 4.75. The molecule has 0 spiro atoms. The van der Waals surface area contributed by atoms with Crippen LogP contribution < -0.4 is 5.73 Å². The van der Waals surface area contributed by atoms with Gasteiger partial charge in [0.25, 0.3) is 0 Å². The van der Waals surface area contributed by atoms with Gasteiger partial charge in [0.05, 0.1) is 6.04 Å². The number of hydrogen-bond acceptors (Lipinski definition) is 2. The van der Waals surface area contributed by atoms with Crippen LogP contribution in [0.5, 0.6) is 0 Å². The van der Waals surface area contributed by atoms with Crippen molar-refractivity contribution in [3.8, 4) is 0 Å². The standard InChI is InChI=1S/C12H23NO/c1-3-4-11(13)12(14)10-7-5-9(2)6-8-10/h9-11H,3-8,13H2,1-2H3. The summed E-state index contributed by atoms with van der Waals surface area (Å²) in [5, 5.41) is 0. The highest BCUT2D eigenvalue weighted by Gasteiger charge is 2.27. The fourth-order valence-corrected chi connectivity index (χ4v) is 2.30. The van der Waals surface area contributed by atoms with Gasteiger partial charge >= 0.3 is 0 Å². The highest BCUT2D eigenvalue weighted by atomic mass is 16.1. The van der Waals surface area contributed by atoms with Gasteiger partial charge in [0.15, 0.2) is 5.78 Å². The third-order valence-electron chi connectivity index (χ3n) is 3.38. The zero-order valence-electron chi connectivity index (χ0n) is 9.46. The van der Waals surface area contributed by atoms with Crippen molar-refractivity contribution in [3.63, 3.8) is 0 Å². The van der Waals surface area contributed by atoms with Gasteiger partial charge in [0.1, 0.15) is 0 Å². The quantitative estimate of drug-likeness (QED) is 0.752. The number of rotatable bonds is 4. The molecule has 0 saturated heterocycles. The van der Waals surface area contributed by atoms with Crippen LogP contribution in [0.4, 0.5) is 0 Å². The van der Waals surface area contributed by atoms with E-state index in [1.54, 1.807) is 0 Å². The van der Waals surface area contributed by atoms with Gasteiger partial charge in [-0.2, -0.15) is 0 Å². The normalized spacial score (nSPS) is 29.9. The summed E-state index contributed by atoms with van der Waals surface area (Å²) in [6.45, 7) is 4.35. The van der Waals surface area contributed by atoms with Crippen LogP contribution in [0, 0.1) is 11.8 Å². The Morgan fingerprint density at radius 3 is 2.43 bits per heavy atom. The molecule has 0 aromatic rings. The summed E-state index contributed by atoms with van der Waals surface area (Å²) in [6, 6.07) is -0.196. The fourth-order valence-electron chi connectivity index (χ4n) is 2.30. The van der Waals surface area contributed by atoms with Gasteiger partial charge in [-0.25, -0.2) is 0 Å². The van der Waals surface area contributed by atoms with E-state index in [9.17, 15) is 4.79 Å².